The highest BCUT2D eigenvalue weighted by Crippen LogP contribution is 2.41. The molecule has 0 saturated carbocycles. The largest absolute Gasteiger partial charge is 0.388 e. The number of benzene rings is 3. The minimum atomic E-state index is -1.36. The van der Waals surface area contributed by atoms with Gasteiger partial charge in [-0.3, -0.25) is 14.3 Å². The molecule has 1 aromatic heterocycles. The molecule has 2 N–H and O–H groups in total. The van der Waals surface area contributed by atoms with E-state index in [0.717, 1.165) is 27.3 Å². The molecule has 0 bridgehead atoms. The SMILES string of the molecule is [N-]=[N+]=N[C@H]1[C@H](O)[C@H](n2ccc(=O)[nH]c2=O)O[C@@H]1COC(c1ccccc1)(c1ccccc1)c1ccccc1. The van der Waals surface area contributed by atoms with Crippen molar-refractivity contribution in [3.05, 3.63) is 151 Å². The second-order valence-corrected chi connectivity index (χ2v) is 8.86. The summed E-state index contributed by atoms with van der Waals surface area (Å²) in [4.78, 5) is 29.0. The fourth-order valence-electron chi connectivity index (χ4n) is 4.90. The first-order valence-corrected chi connectivity index (χ1v) is 12.0. The lowest BCUT2D eigenvalue weighted by Crippen LogP contribution is -2.39. The van der Waals surface area contributed by atoms with Crippen molar-refractivity contribution < 1.29 is 14.6 Å². The molecule has 4 atom stereocenters. The number of aromatic nitrogens is 2. The fourth-order valence-corrected chi connectivity index (χ4v) is 4.90. The summed E-state index contributed by atoms with van der Waals surface area (Å²) in [5, 5.41) is 14.7. The number of hydrogen-bond acceptors (Lipinski definition) is 6. The molecule has 4 aromatic rings. The number of hydrogen-bond donors (Lipinski definition) is 2. The Bertz CT molecular complexity index is 1440. The van der Waals surface area contributed by atoms with E-state index >= 15 is 0 Å². The van der Waals surface area contributed by atoms with Crippen LogP contribution in [-0.2, 0) is 15.1 Å². The highest BCUT2D eigenvalue weighted by molar-refractivity contribution is 5.47. The summed E-state index contributed by atoms with van der Waals surface area (Å²) in [7, 11) is 0. The van der Waals surface area contributed by atoms with Crippen LogP contribution in [0.3, 0.4) is 0 Å². The zero-order chi connectivity index (χ0) is 26.5. The zero-order valence-electron chi connectivity index (χ0n) is 20.2. The van der Waals surface area contributed by atoms with E-state index in [2.05, 4.69) is 15.0 Å². The first-order valence-electron chi connectivity index (χ1n) is 12.0. The molecule has 10 heteroatoms. The van der Waals surface area contributed by atoms with Gasteiger partial charge < -0.3 is 14.6 Å². The summed E-state index contributed by atoms with van der Waals surface area (Å²) < 4.78 is 13.9. The average Bonchev–Trinajstić information content (AvgIpc) is 3.26. The summed E-state index contributed by atoms with van der Waals surface area (Å²) in [6.45, 7) is -0.0893. The van der Waals surface area contributed by atoms with Crippen LogP contribution >= 0.6 is 0 Å². The van der Waals surface area contributed by atoms with Crippen molar-refractivity contribution in [1.29, 1.82) is 0 Å². The Hall–Kier alpha value is -4.47. The van der Waals surface area contributed by atoms with Gasteiger partial charge in [0.1, 0.15) is 11.7 Å². The quantitative estimate of drug-likeness (QED) is 0.161. The summed E-state index contributed by atoms with van der Waals surface area (Å²) >= 11 is 0. The third-order valence-corrected chi connectivity index (χ3v) is 6.65. The smallest absolute Gasteiger partial charge is 0.330 e. The molecule has 1 fully saturated rings. The number of aliphatic hydroxyl groups is 1. The number of aliphatic hydroxyl groups excluding tert-OH is 1. The molecule has 38 heavy (non-hydrogen) atoms. The highest BCUT2D eigenvalue weighted by Gasteiger charge is 2.47. The van der Waals surface area contributed by atoms with Crippen LogP contribution in [0.1, 0.15) is 22.9 Å². The van der Waals surface area contributed by atoms with E-state index in [1.807, 2.05) is 91.0 Å². The number of nitrogens with zero attached hydrogens (tertiary/aromatic N) is 4. The molecular formula is C28H25N5O5. The minimum Gasteiger partial charge on any atom is -0.388 e. The van der Waals surface area contributed by atoms with Crippen LogP contribution in [0.2, 0.25) is 0 Å². The highest BCUT2D eigenvalue weighted by atomic mass is 16.6. The van der Waals surface area contributed by atoms with Crippen molar-refractivity contribution in [2.24, 2.45) is 5.11 Å². The lowest BCUT2D eigenvalue weighted by Gasteiger charge is -2.37. The first kappa shape index (κ1) is 25.2. The monoisotopic (exact) mass is 511 g/mol. The molecule has 0 aliphatic carbocycles. The Morgan fingerprint density at radius 2 is 1.45 bits per heavy atom. The van der Waals surface area contributed by atoms with Gasteiger partial charge in [0.25, 0.3) is 5.56 Å². The molecule has 5 rings (SSSR count). The summed E-state index contributed by atoms with van der Waals surface area (Å²) in [5.74, 6) is 0. The van der Waals surface area contributed by atoms with Gasteiger partial charge in [0, 0.05) is 17.2 Å². The standard InChI is InChI=1S/C28H25N5O5/c29-32-31-24-22(38-26(25(24)35)33-17-16-23(34)30-27(33)36)18-37-28(19-10-4-1-5-11-19,20-12-6-2-7-13-20)21-14-8-3-9-15-21/h1-17,22,24-26,35H,18H2,(H,30,34,36)/t22-,24-,25+,26-/m1/s1. The van der Waals surface area contributed by atoms with Crippen LogP contribution in [0.25, 0.3) is 10.4 Å². The molecule has 3 aromatic carbocycles. The van der Waals surface area contributed by atoms with Gasteiger partial charge in [-0.1, -0.05) is 96.1 Å². The molecule has 1 saturated heterocycles. The van der Waals surface area contributed by atoms with E-state index in [9.17, 15) is 20.2 Å². The third kappa shape index (κ3) is 4.65. The van der Waals surface area contributed by atoms with E-state index in [0.29, 0.717) is 0 Å². The van der Waals surface area contributed by atoms with Gasteiger partial charge in [0.2, 0.25) is 0 Å². The minimum absolute atomic E-state index is 0.0893. The molecule has 1 aliphatic heterocycles. The number of aromatic amines is 1. The van der Waals surface area contributed by atoms with Crippen LogP contribution in [0, 0.1) is 0 Å². The maximum absolute atomic E-state index is 12.4. The van der Waals surface area contributed by atoms with Crippen LogP contribution in [-0.4, -0.2) is 39.5 Å². The number of nitrogens with one attached hydrogen (secondary N) is 1. The molecule has 0 amide bonds. The van der Waals surface area contributed by atoms with E-state index < -0.39 is 41.3 Å². The van der Waals surface area contributed by atoms with Gasteiger partial charge >= 0.3 is 5.69 Å². The topological polar surface area (TPSA) is 142 Å². The Balaban J connectivity index is 1.56. The zero-order valence-corrected chi connectivity index (χ0v) is 20.2. The summed E-state index contributed by atoms with van der Waals surface area (Å²) in [6, 6.07) is 29.2. The van der Waals surface area contributed by atoms with Crippen molar-refractivity contribution in [3.63, 3.8) is 0 Å². The maximum atomic E-state index is 12.4. The lowest BCUT2D eigenvalue weighted by atomic mass is 9.80. The van der Waals surface area contributed by atoms with Crippen molar-refractivity contribution in [1.82, 2.24) is 9.55 Å². The number of ether oxygens (including phenoxy) is 2. The van der Waals surface area contributed by atoms with Crippen LogP contribution in [0.5, 0.6) is 0 Å². The van der Waals surface area contributed by atoms with Crippen molar-refractivity contribution in [3.8, 4) is 0 Å². The van der Waals surface area contributed by atoms with Gasteiger partial charge in [0.05, 0.1) is 18.8 Å². The predicted octanol–water partition coefficient (Wildman–Crippen LogP) is 3.48. The molecule has 2 heterocycles. The predicted molar refractivity (Wildman–Crippen MR) is 139 cm³/mol. The van der Waals surface area contributed by atoms with Crippen molar-refractivity contribution in [2.75, 3.05) is 6.61 Å². The van der Waals surface area contributed by atoms with Crippen molar-refractivity contribution in [2.45, 2.75) is 30.1 Å². The summed E-state index contributed by atoms with van der Waals surface area (Å²) in [5.41, 5.74) is 9.41. The molecule has 192 valence electrons. The van der Waals surface area contributed by atoms with E-state index in [4.69, 9.17) is 9.47 Å². The van der Waals surface area contributed by atoms with Gasteiger partial charge in [-0.25, -0.2) is 4.79 Å². The Kier molecular flexibility index (Phi) is 7.21. The molecule has 10 nitrogen and oxygen atoms in total. The number of rotatable bonds is 8. The molecule has 0 radical (unpaired) electrons. The van der Waals surface area contributed by atoms with Gasteiger partial charge in [-0.05, 0) is 22.2 Å². The average molecular weight is 512 g/mol. The van der Waals surface area contributed by atoms with E-state index in [1.165, 1.54) is 6.20 Å². The van der Waals surface area contributed by atoms with E-state index in [1.54, 1.807) is 0 Å². The third-order valence-electron chi connectivity index (χ3n) is 6.65. The fraction of sp³-hybridized carbons (Fsp3) is 0.214. The molecule has 0 spiro atoms. The number of azide groups is 1. The van der Waals surface area contributed by atoms with Gasteiger partial charge in [-0.2, -0.15) is 0 Å². The normalized spacial score (nSPS) is 21.1. The Morgan fingerprint density at radius 3 is 1.92 bits per heavy atom. The van der Waals surface area contributed by atoms with Gasteiger partial charge in [0.15, 0.2) is 6.23 Å². The molecular weight excluding hydrogens is 486 g/mol. The maximum Gasteiger partial charge on any atom is 0.330 e. The summed E-state index contributed by atoms with van der Waals surface area (Å²) in [6.07, 6.45) is -2.22. The van der Waals surface area contributed by atoms with Gasteiger partial charge in [-0.15, -0.1) is 0 Å². The number of H-pyrrole nitrogens is 1. The molecule has 0 unspecified atom stereocenters. The van der Waals surface area contributed by atoms with Crippen molar-refractivity contribution >= 4 is 0 Å². The second-order valence-electron chi connectivity index (χ2n) is 8.86. The second kappa shape index (κ2) is 10.9. The van der Waals surface area contributed by atoms with E-state index in [-0.39, 0.29) is 6.61 Å². The molecule has 1 aliphatic rings. The lowest BCUT2D eigenvalue weighted by molar-refractivity contribution is -0.0883. The Morgan fingerprint density at radius 1 is 0.921 bits per heavy atom. The van der Waals surface area contributed by atoms with Crippen LogP contribution in [0.4, 0.5) is 0 Å². The van der Waals surface area contributed by atoms with Crippen LogP contribution in [0.15, 0.2) is 118 Å². The first-order chi connectivity index (χ1) is 18.5. The van der Waals surface area contributed by atoms with Crippen LogP contribution < -0.4 is 11.2 Å². The Labute approximate surface area is 217 Å².